The van der Waals surface area contributed by atoms with Gasteiger partial charge in [-0.1, -0.05) is 487 Å². The fraction of sp³-hybridized carbons (Fsp3) is 0.941. The molecule has 44 heteroatoms. The molecule has 0 saturated carbocycles. The molecule has 0 aliphatic carbocycles. The van der Waals surface area contributed by atoms with E-state index in [1.807, 2.05) is 0 Å². The van der Waals surface area contributed by atoms with Crippen molar-refractivity contribution in [2.75, 3.05) is 0 Å². The van der Waals surface area contributed by atoms with Crippen molar-refractivity contribution >= 4 is 493 Å². The van der Waals surface area contributed by atoms with Crippen LogP contribution in [0.15, 0.2) is 0 Å². The number of carboxylic acid groups (broad SMARTS) is 1. The minimum absolute atomic E-state index is 0.750. The second-order valence-corrected chi connectivity index (χ2v) is 32.9. The summed E-state index contributed by atoms with van der Waals surface area (Å²) in [7, 11) is 0. The third-order valence-electron chi connectivity index (χ3n) is 0.861. The van der Waals surface area contributed by atoms with Crippen LogP contribution in [0.5, 0.6) is 0 Å². The molecule has 0 aliphatic rings. The van der Waals surface area contributed by atoms with Crippen molar-refractivity contribution in [2.45, 2.75) is 66.6 Å². The highest BCUT2D eigenvalue weighted by atomic mass is 35.6. The molecule has 0 amide bonds. The number of rotatable bonds is 1. The van der Waals surface area contributed by atoms with Gasteiger partial charge in [-0.15, -0.1) is 0 Å². The lowest BCUT2D eigenvalue weighted by atomic mass is 10.2. The minimum Gasteiger partial charge on any atom is -0.481 e. The number of alkyl halides is 42. The first-order valence-corrected chi connectivity index (χ1v) is 28.8. The van der Waals surface area contributed by atoms with Gasteiger partial charge in [-0.25, -0.2) is 0 Å². The van der Waals surface area contributed by atoms with Crippen LogP contribution in [0.2, 0.25) is 0 Å². The van der Waals surface area contributed by atoms with Crippen LogP contribution in [0.4, 0.5) is 0 Å². The molecular weight excluding hydrogens is 1730 g/mol. The summed E-state index contributed by atoms with van der Waals surface area (Å²) in [6.45, 7) is 1.33. The average molecular weight is 1740 g/mol. The Balaban J connectivity index is -0.0000000328. The Morgan fingerprint density at radius 1 is 0.262 bits per heavy atom. The molecule has 0 bridgehead atoms. The van der Waals surface area contributed by atoms with Crippen LogP contribution < -0.4 is 0 Å². The molecule has 0 heterocycles. The third kappa shape index (κ3) is 742. The predicted octanol–water partition coefficient (Wildman–Crippen LogP) is 27.9. The van der Waals surface area contributed by atoms with E-state index in [0.717, 1.165) is 0 Å². The highest BCUT2D eigenvalue weighted by Crippen LogP contribution is 2.34. The predicted molar refractivity (Wildman–Crippen MR) is 315 cm³/mol. The van der Waals surface area contributed by atoms with Crippen molar-refractivity contribution < 1.29 is 9.90 Å². The van der Waals surface area contributed by atoms with Crippen molar-refractivity contribution in [3.63, 3.8) is 0 Å². The fourth-order valence-electron chi connectivity index (χ4n) is 0.140. The van der Waals surface area contributed by atoms with Gasteiger partial charge in [0.2, 0.25) is 3.79 Å². The van der Waals surface area contributed by atoms with E-state index in [1.165, 1.54) is 6.92 Å². The Morgan fingerprint density at radius 2 is 0.311 bits per heavy atom. The lowest BCUT2D eigenvalue weighted by Crippen LogP contribution is -2.24. The average Bonchev–Trinajstić information content (AvgIpc) is 2.83. The summed E-state index contributed by atoms with van der Waals surface area (Å²) in [5.74, 6) is -2.09. The van der Waals surface area contributed by atoms with Crippen molar-refractivity contribution in [1.82, 2.24) is 0 Å². The van der Waals surface area contributed by atoms with Crippen LogP contribution in [0.1, 0.15) is 6.92 Å². The zero-order valence-electron chi connectivity index (χ0n) is 26.8. The van der Waals surface area contributed by atoms with E-state index in [1.54, 1.807) is 0 Å². The van der Waals surface area contributed by atoms with Crippen LogP contribution in [0, 0.1) is 5.92 Å². The van der Waals surface area contributed by atoms with Crippen molar-refractivity contribution in [3.05, 3.63) is 0 Å². The van der Waals surface area contributed by atoms with Crippen LogP contribution in [-0.4, -0.2) is 70.7 Å². The molecule has 0 spiro atoms. The lowest BCUT2D eigenvalue weighted by molar-refractivity contribution is -0.140. The van der Waals surface area contributed by atoms with E-state index in [-0.39, 0.29) is 0 Å². The second-order valence-electron chi connectivity index (χ2n) is 4.82. The lowest BCUT2D eigenvalue weighted by Gasteiger charge is -2.14. The second kappa shape index (κ2) is 91.1. The molecule has 0 aliphatic heterocycles. The van der Waals surface area contributed by atoms with Gasteiger partial charge < -0.3 is 5.11 Å². The van der Waals surface area contributed by atoms with Gasteiger partial charge in [-0.3, -0.25) is 4.79 Å². The monoisotopic (exact) mass is 1720 g/mol. The van der Waals surface area contributed by atoms with Crippen LogP contribution in [0.25, 0.3) is 0 Å². The molecule has 392 valence electrons. The summed E-state index contributed by atoms with van der Waals surface area (Å²) in [4.78, 5) is 10.1. The Bertz CT molecular complexity index is 466. The number of hydrogen-bond acceptors (Lipinski definition) is 1. The maximum Gasteiger partial charge on any atom is 0.310 e. The van der Waals surface area contributed by atoms with Gasteiger partial charge in [-0.05, 0) is 6.92 Å². The summed E-state index contributed by atoms with van der Waals surface area (Å²) in [6, 6.07) is 0. The minimum atomic E-state index is -1.70. The smallest absolute Gasteiger partial charge is 0.310 e. The highest BCUT2D eigenvalue weighted by molar-refractivity contribution is 6.69. The Labute approximate surface area is 565 Å². The summed E-state index contributed by atoms with van der Waals surface area (Å²) >= 11 is 203. The third-order valence-corrected chi connectivity index (χ3v) is 1.84. The maximum atomic E-state index is 10.1. The van der Waals surface area contributed by atoms with E-state index in [9.17, 15) is 4.79 Å². The Kier molecular flexibility index (Phi) is 162. The highest BCUT2D eigenvalue weighted by Gasteiger charge is 2.34. The van der Waals surface area contributed by atoms with Crippen molar-refractivity contribution in [1.29, 1.82) is 0 Å². The SMILES string of the molecule is CC(C(=O)O)C(Cl)(Cl)Cl.ClC(Cl)Cl.ClC(Cl)Cl.ClC(Cl)Cl.ClC(Cl)Cl.ClC(Cl)Cl.ClC(Cl)Cl.ClC(Cl)Cl.ClC(Cl)Cl.ClC(Cl)Cl.ClC(Cl)Cl.ClC(Cl)Cl.ClC(Cl)Cl.ClC(Cl)Cl. The summed E-state index contributed by atoms with van der Waals surface area (Å²) in [5.41, 5.74) is 0. The number of hydrogen-bond donors (Lipinski definition) is 1. The van der Waals surface area contributed by atoms with E-state index < -0.39 is 71.5 Å². The zero-order valence-corrected chi connectivity index (χ0v) is 58.6. The molecule has 1 atom stereocenters. The number of carbonyl (C=O) groups is 1. The van der Waals surface area contributed by atoms with E-state index >= 15 is 0 Å². The molecule has 1 N–H and O–H groups in total. The van der Waals surface area contributed by atoms with Gasteiger partial charge in [0, 0.05) is 0 Å². The first-order chi connectivity index (χ1) is 26.4. The van der Waals surface area contributed by atoms with Crippen molar-refractivity contribution in [2.24, 2.45) is 5.92 Å². The van der Waals surface area contributed by atoms with Gasteiger partial charge >= 0.3 is 5.97 Å². The molecule has 0 fully saturated rings. The van der Waals surface area contributed by atoms with Gasteiger partial charge in [0.25, 0.3) is 0 Å². The molecule has 0 rings (SSSR count). The van der Waals surface area contributed by atoms with Crippen LogP contribution >= 0.6 is 487 Å². The Hall–Kier alpha value is 11.6. The number of aliphatic carboxylic acids is 1. The zero-order chi connectivity index (χ0) is 54.2. The standard InChI is InChI=1S/C4H5Cl3O2.13CHCl3/c1-2(3(8)9)4(5,6)7;13*2-1(3)4/h2H,1H3,(H,8,9);13*1H. The molecule has 0 radical (unpaired) electrons. The van der Waals surface area contributed by atoms with Crippen LogP contribution in [0.3, 0.4) is 0 Å². The Morgan fingerprint density at radius 3 is 0.311 bits per heavy atom. The number of carboxylic acids is 1. The van der Waals surface area contributed by atoms with Crippen LogP contribution in [-0.2, 0) is 4.79 Å². The van der Waals surface area contributed by atoms with E-state index in [4.69, 9.17) is 492 Å². The summed E-state index contributed by atoms with van der Waals surface area (Å²) < 4.78 is -11.5. The molecule has 1 unspecified atom stereocenters. The molecule has 0 aromatic rings. The first kappa shape index (κ1) is 108. The first-order valence-electron chi connectivity index (χ1n) is 10.7. The summed E-state index contributed by atoms with van der Waals surface area (Å²) in [6.07, 6.45) is 0. The van der Waals surface area contributed by atoms with Crippen molar-refractivity contribution in [3.8, 4) is 0 Å². The molecule has 0 saturated heterocycles. The molecule has 0 aromatic heterocycles. The molecular formula is C17H18Cl42O2. The topological polar surface area (TPSA) is 37.3 Å². The van der Waals surface area contributed by atoms with Gasteiger partial charge in [0.05, 0.1) is 0 Å². The summed E-state index contributed by atoms with van der Waals surface area (Å²) in [5, 5.41) is 8.26. The maximum absolute atomic E-state index is 10.1. The molecule has 61 heavy (non-hydrogen) atoms. The normalized spacial score (nSPS) is 9.90. The van der Waals surface area contributed by atoms with Gasteiger partial charge in [-0.2, -0.15) is 0 Å². The van der Waals surface area contributed by atoms with E-state index in [0.29, 0.717) is 0 Å². The van der Waals surface area contributed by atoms with E-state index in [2.05, 4.69) is 0 Å². The molecule has 2 nitrogen and oxygen atoms in total. The molecule has 0 aromatic carbocycles. The number of halogens is 42. The fourth-order valence-corrected chi connectivity index (χ4v) is 0.420. The quantitative estimate of drug-likeness (QED) is 0.266. The van der Waals surface area contributed by atoms with Gasteiger partial charge in [0.15, 0.2) is 55.8 Å². The largest absolute Gasteiger partial charge is 0.481 e. The van der Waals surface area contributed by atoms with Gasteiger partial charge in [0.1, 0.15) is 5.92 Å².